The highest BCUT2D eigenvalue weighted by Crippen LogP contribution is 2.40. The SMILES string of the molecule is Cc1ccc(OC(F)(F)F)c(-c2ccccc2OC(F)(F)F)c1. The van der Waals surface area contributed by atoms with E-state index in [0.29, 0.717) is 5.56 Å². The molecule has 0 aliphatic rings. The van der Waals surface area contributed by atoms with Crippen molar-refractivity contribution in [1.82, 2.24) is 0 Å². The zero-order chi connectivity index (χ0) is 17.3. The van der Waals surface area contributed by atoms with E-state index < -0.39 is 24.2 Å². The molecule has 2 aromatic carbocycles. The average Bonchev–Trinajstić information content (AvgIpc) is 2.38. The second-order valence-corrected chi connectivity index (χ2v) is 4.59. The van der Waals surface area contributed by atoms with Gasteiger partial charge in [0.15, 0.2) is 0 Å². The molecule has 2 rings (SSSR count). The Morgan fingerprint density at radius 3 is 1.78 bits per heavy atom. The molecule has 8 heteroatoms. The Labute approximate surface area is 127 Å². The van der Waals surface area contributed by atoms with Gasteiger partial charge in [0.25, 0.3) is 0 Å². The third kappa shape index (κ3) is 4.80. The van der Waals surface area contributed by atoms with Gasteiger partial charge < -0.3 is 9.47 Å². The summed E-state index contributed by atoms with van der Waals surface area (Å²) in [7, 11) is 0. The largest absolute Gasteiger partial charge is 0.573 e. The highest BCUT2D eigenvalue weighted by Gasteiger charge is 2.34. The fraction of sp³-hybridized carbons (Fsp3) is 0.200. The maximum Gasteiger partial charge on any atom is 0.573 e. The van der Waals surface area contributed by atoms with Gasteiger partial charge in [0.1, 0.15) is 11.5 Å². The third-order valence-electron chi connectivity index (χ3n) is 2.76. The number of aryl methyl sites for hydroxylation is 1. The van der Waals surface area contributed by atoms with Crippen molar-refractivity contribution in [3.05, 3.63) is 48.0 Å². The predicted molar refractivity (Wildman–Crippen MR) is 70.0 cm³/mol. The van der Waals surface area contributed by atoms with E-state index in [1.165, 1.54) is 30.3 Å². The first-order valence-electron chi connectivity index (χ1n) is 6.27. The van der Waals surface area contributed by atoms with Gasteiger partial charge in [-0.2, -0.15) is 0 Å². The van der Waals surface area contributed by atoms with Gasteiger partial charge in [-0.15, -0.1) is 26.3 Å². The molecule has 0 fully saturated rings. The van der Waals surface area contributed by atoms with Gasteiger partial charge in [-0.05, 0) is 25.1 Å². The number of hydrogen-bond acceptors (Lipinski definition) is 2. The van der Waals surface area contributed by atoms with Crippen LogP contribution < -0.4 is 9.47 Å². The summed E-state index contributed by atoms with van der Waals surface area (Å²) in [5, 5.41) is 0. The van der Waals surface area contributed by atoms with Gasteiger partial charge in [-0.3, -0.25) is 0 Å². The van der Waals surface area contributed by atoms with Gasteiger partial charge in [-0.25, -0.2) is 0 Å². The van der Waals surface area contributed by atoms with Crippen LogP contribution in [0.25, 0.3) is 11.1 Å². The summed E-state index contributed by atoms with van der Waals surface area (Å²) in [6, 6.07) is 8.60. The van der Waals surface area contributed by atoms with E-state index in [4.69, 9.17) is 0 Å². The molecule has 0 N–H and O–H groups in total. The maximum atomic E-state index is 12.5. The van der Waals surface area contributed by atoms with Gasteiger partial charge >= 0.3 is 12.7 Å². The number of ether oxygens (including phenoxy) is 2. The second kappa shape index (κ2) is 6.02. The average molecular weight is 336 g/mol. The Kier molecular flexibility index (Phi) is 4.44. The van der Waals surface area contributed by atoms with Crippen molar-refractivity contribution in [2.24, 2.45) is 0 Å². The van der Waals surface area contributed by atoms with E-state index in [0.717, 1.165) is 12.1 Å². The summed E-state index contributed by atoms with van der Waals surface area (Å²) in [6.07, 6.45) is -9.94. The Hall–Kier alpha value is -2.38. The van der Waals surface area contributed by atoms with Crippen LogP contribution in [0.3, 0.4) is 0 Å². The van der Waals surface area contributed by atoms with Gasteiger partial charge in [0.05, 0.1) is 0 Å². The van der Waals surface area contributed by atoms with Crippen LogP contribution in [0.1, 0.15) is 5.56 Å². The maximum absolute atomic E-state index is 12.5. The van der Waals surface area contributed by atoms with Crippen molar-refractivity contribution in [3.63, 3.8) is 0 Å². The van der Waals surface area contributed by atoms with Crippen molar-refractivity contribution < 1.29 is 35.8 Å². The van der Waals surface area contributed by atoms with Crippen molar-refractivity contribution >= 4 is 0 Å². The molecule has 0 atom stereocenters. The van der Waals surface area contributed by atoms with Gasteiger partial charge in [0.2, 0.25) is 0 Å². The second-order valence-electron chi connectivity index (χ2n) is 4.59. The Bertz CT molecular complexity index is 691. The van der Waals surface area contributed by atoms with Crippen LogP contribution in [0.2, 0.25) is 0 Å². The zero-order valence-corrected chi connectivity index (χ0v) is 11.6. The number of benzene rings is 2. The fourth-order valence-corrected chi connectivity index (χ4v) is 1.97. The molecule has 0 aliphatic heterocycles. The molecule has 0 aliphatic carbocycles. The minimum atomic E-state index is -4.97. The minimum Gasteiger partial charge on any atom is -0.405 e. The molecule has 0 unspecified atom stereocenters. The number of alkyl halides is 6. The van der Waals surface area contributed by atoms with Crippen molar-refractivity contribution in [2.45, 2.75) is 19.6 Å². The normalized spacial score (nSPS) is 12.1. The molecule has 0 heterocycles. The van der Waals surface area contributed by atoms with E-state index in [2.05, 4.69) is 9.47 Å². The molecule has 0 radical (unpaired) electrons. The van der Waals surface area contributed by atoms with E-state index in [1.807, 2.05) is 0 Å². The summed E-state index contributed by atoms with van der Waals surface area (Å²) < 4.78 is 82.6. The highest BCUT2D eigenvalue weighted by atomic mass is 19.4. The quantitative estimate of drug-likeness (QED) is 0.693. The Morgan fingerprint density at radius 2 is 1.22 bits per heavy atom. The lowest BCUT2D eigenvalue weighted by atomic mass is 10.0. The van der Waals surface area contributed by atoms with E-state index in [1.54, 1.807) is 6.92 Å². The molecule has 0 spiro atoms. The first-order valence-corrected chi connectivity index (χ1v) is 6.27. The van der Waals surface area contributed by atoms with Crippen LogP contribution in [0.5, 0.6) is 11.5 Å². The summed E-state index contributed by atoms with van der Waals surface area (Å²) in [5.74, 6) is -1.22. The summed E-state index contributed by atoms with van der Waals surface area (Å²) >= 11 is 0. The summed E-state index contributed by atoms with van der Waals surface area (Å²) in [6.45, 7) is 1.59. The molecule has 23 heavy (non-hydrogen) atoms. The molecule has 0 amide bonds. The predicted octanol–water partition coefficient (Wildman–Crippen LogP) is 5.46. The van der Waals surface area contributed by atoms with Crippen LogP contribution in [0.15, 0.2) is 42.5 Å². The number of halogens is 6. The summed E-state index contributed by atoms with van der Waals surface area (Å²) in [5.41, 5.74) is 0.242. The third-order valence-corrected chi connectivity index (χ3v) is 2.76. The van der Waals surface area contributed by atoms with Crippen molar-refractivity contribution in [2.75, 3.05) is 0 Å². The number of hydrogen-bond donors (Lipinski definition) is 0. The standard InChI is InChI=1S/C15H10F6O2/c1-9-6-7-13(23-15(19,20)21)11(8-9)10-4-2-3-5-12(10)22-14(16,17)18/h2-8H,1H3. The van der Waals surface area contributed by atoms with Crippen LogP contribution in [0.4, 0.5) is 26.3 Å². The first-order chi connectivity index (χ1) is 10.6. The highest BCUT2D eigenvalue weighted by molar-refractivity contribution is 5.76. The number of rotatable bonds is 3. The van der Waals surface area contributed by atoms with E-state index >= 15 is 0 Å². The monoisotopic (exact) mass is 336 g/mol. The molecule has 0 saturated carbocycles. The molecule has 0 saturated heterocycles. The van der Waals surface area contributed by atoms with E-state index in [9.17, 15) is 26.3 Å². The molecular weight excluding hydrogens is 326 g/mol. The lowest BCUT2D eigenvalue weighted by Gasteiger charge is -2.17. The fourth-order valence-electron chi connectivity index (χ4n) is 1.97. The first kappa shape index (κ1) is 17.0. The lowest BCUT2D eigenvalue weighted by Crippen LogP contribution is -2.19. The molecular formula is C15H10F6O2. The minimum absolute atomic E-state index is 0.151. The van der Waals surface area contributed by atoms with Crippen LogP contribution in [0, 0.1) is 6.92 Å². The lowest BCUT2D eigenvalue weighted by molar-refractivity contribution is -0.276. The van der Waals surface area contributed by atoms with Gasteiger partial charge in [-0.1, -0.05) is 29.8 Å². The molecule has 0 aromatic heterocycles. The molecule has 124 valence electrons. The summed E-state index contributed by atoms with van der Waals surface area (Å²) in [4.78, 5) is 0. The Morgan fingerprint density at radius 1 is 0.696 bits per heavy atom. The van der Waals surface area contributed by atoms with Crippen LogP contribution in [-0.4, -0.2) is 12.7 Å². The molecule has 2 aromatic rings. The van der Waals surface area contributed by atoms with Gasteiger partial charge in [0, 0.05) is 11.1 Å². The van der Waals surface area contributed by atoms with E-state index in [-0.39, 0.29) is 11.1 Å². The smallest absolute Gasteiger partial charge is 0.405 e. The number of para-hydroxylation sites is 1. The zero-order valence-electron chi connectivity index (χ0n) is 11.6. The van der Waals surface area contributed by atoms with Crippen molar-refractivity contribution in [1.29, 1.82) is 0 Å². The molecule has 2 nitrogen and oxygen atoms in total. The topological polar surface area (TPSA) is 18.5 Å². The van der Waals surface area contributed by atoms with Crippen molar-refractivity contribution in [3.8, 4) is 22.6 Å². The van der Waals surface area contributed by atoms with Crippen LogP contribution in [-0.2, 0) is 0 Å². The van der Waals surface area contributed by atoms with Crippen LogP contribution >= 0.6 is 0 Å². The molecule has 0 bridgehead atoms. The Balaban J connectivity index is 2.56.